The van der Waals surface area contributed by atoms with Crippen LogP contribution < -0.4 is 4.90 Å². The van der Waals surface area contributed by atoms with Gasteiger partial charge in [0, 0.05) is 30.2 Å². The van der Waals surface area contributed by atoms with Crippen molar-refractivity contribution in [2.24, 2.45) is 0 Å². The third kappa shape index (κ3) is 2.97. The molecule has 1 aliphatic rings. The number of benzene rings is 1. The molecule has 130 valence electrons. The van der Waals surface area contributed by atoms with Crippen molar-refractivity contribution in [3.8, 4) is 11.4 Å². The highest BCUT2D eigenvalue weighted by Gasteiger charge is 2.22. The molecule has 5 nitrogen and oxygen atoms in total. The molecule has 1 fully saturated rings. The Kier molecular flexibility index (Phi) is 4.34. The number of rotatable bonds is 4. The second-order valence-electron chi connectivity index (χ2n) is 6.55. The summed E-state index contributed by atoms with van der Waals surface area (Å²) < 4.78 is 2.20. The maximum Gasteiger partial charge on any atom is 0.166 e. The molecule has 2 aromatic heterocycles. The van der Waals surface area contributed by atoms with Crippen LogP contribution in [0.4, 0.5) is 5.82 Å². The van der Waals surface area contributed by atoms with E-state index < -0.39 is 0 Å². The van der Waals surface area contributed by atoms with E-state index in [0.717, 1.165) is 65.3 Å². The number of halogens is 1. The summed E-state index contributed by atoms with van der Waals surface area (Å²) in [6, 6.07) is 7.72. The Balaban J connectivity index is 1.94. The van der Waals surface area contributed by atoms with Crippen LogP contribution in [0.1, 0.15) is 32.0 Å². The van der Waals surface area contributed by atoms with Crippen LogP contribution in [0.15, 0.2) is 24.3 Å². The van der Waals surface area contributed by atoms with Gasteiger partial charge in [0.25, 0.3) is 0 Å². The fourth-order valence-electron chi connectivity index (χ4n) is 3.46. The van der Waals surface area contributed by atoms with Crippen LogP contribution in [0, 0.1) is 6.92 Å². The van der Waals surface area contributed by atoms with E-state index in [4.69, 9.17) is 26.6 Å². The van der Waals surface area contributed by atoms with Crippen molar-refractivity contribution >= 4 is 28.6 Å². The monoisotopic (exact) mass is 355 g/mol. The third-order valence-corrected chi connectivity index (χ3v) is 4.97. The molecule has 6 heteroatoms. The summed E-state index contributed by atoms with van der Waals surface area (Å²) in [6.45, 7) is 7.21. The van der Waals surface area contributed by atoms with E-state index in [1.54, 1.807) is 0 Å². The predicted octanol–water partition coefficient (Wildman–Crippen LogP) is 4.47. The summed E-state index contributed by atoms with van der Waals surface area (Å²) in [5.41, 5.74) is 2.83. The van der Waals surface area contributed by atoms with Crippen LogP contribution in [0.3, 0.4) is 0 Å². The molecular weight excluding hydrogens is 334 g/mol. The van der Waals surface area contributed by atoms with Gasteiger partial charge >= 0.3 is 0 Å². The van der Waals surface area contributed by atoms with Gasteiger partial charge in [-0.1, -0.05) is 18.5 Å². The third-order valence-electron chi connectivity index (χ3n) is 4.72. The van der Waals surface area contributed by atoms with Crippen molar-refractivity contribution in [1.29, 1.82) is 0 Å². The van der Waals surface area contributed by atoms with Crippen molar-refractivity contribution in [3.05, 3.63) is 35.1 Å². The van der Waals surface area contributed by atoms with Crippen molar-refractivity contribution in [2.45, 2.75) is 39.7 Å². The lowest BCUT2D eigenvalue weighted by Gasteiger charge is -2.17. The number of aryl methyl sites for hydroxylation is 2. The maximum absolute atomic E-state index is 6.04. The average Bonchev–Trinajstić information content (AvgIpc) is 3.24. The molecule has 0 radical (unpaired) electrons. The summed E-state index contributed by atoms with van der Waals surface area (Å²) in [5, 5.41) is 0.719. The van der Waals surface area contributed by atoms with Crippen molar-refractivity contribution < 1.29 is 0 Å². The fourth-order valence-corrected chi connectivity index (χ4v) is 3.59. The predicted molar refractivity (Wildman–Crippen MR) is 102 cm³/mol. The molecule has 4 rings (SSSR count). The molecule has 0 unspecified atom stereocenters. The van der Waals surface area contributed by atoms with E-state index in [9.17, 15) is 0 Å². The van der Waals surface area contributed by atoms with Crippen molar-refractivity contribution in [2.75, 3.05) is 18.0 Å². The first-order chi connectivity index (χ1) is 12.2. The Hall–Kier alpha value is -2.14. The fraction of sp³-hybridized carbons (Fsp3) is 0.421. The molecule has 1 saturated heterocycles. The number of imidazole rings is 1. The molecule has 3 aromatic rings. The molecule has 0 saturated carbocycles. The Morgan fingerprint density at radius 1 is 1.04 bits per heavy atom. The van der Waals surface area contributed by atoms with Gasteiger partial charge in [-0.25, -0.2) is 15.0 Å². The normalized spacial score (nSPS) is 14.6. The standard InChI is InChI=1S/C19H22ClN5/c1-3-10-25-13(2)21-16-18(24-11-4-5-12-24)22-17(23-19(16)25)14-6-8-15(20)9-7-14/h6-9H,3-5,10-12H2,1-2H3. The van der Waals surface area contributed by atoms with Crippen LogP contribution in [-0.4, -0.2) is 32.6 Å². The van der Waals surface area contributed by atoms with Crippen LogP contribution in [0.25, 0.3) is 22.6 Å². The highest BCUT2D eigenvalue weighted by molar-refractivity contribution is 6.30. The Morgan fingerprint density at radius 3 is 2.44 bits per heavy atom. The van der Waals surface area contributed by atoms with Gasteiger partial charge < -0.3 is 9.47 Å². The molecule has 0 aliphatic carbocycles. The first kappa shape index (κ1) is 16.3. The SMILES string of the molecule is CCCn1c(C)nc2c(N3CCCC3)nc(-c3ccc(Cl)cc3)nc21. The lowest BCUT2D eigenvalue weighted by Crippen LogP contribution is -2.20. The number of aromatic nitrogens is 4. The Labute approximate surface area is 152 Å². The van der Waals surface area contributed by atoms with Gasteiger partial charge in [-0.05, 0) is 50.5 Å². The Bertz CT molecular complexity index is 894. The van der Waals surface area contributed by atoms with E-state index in [0.29, 0.717) is 0 Å². The first-order valence-corrected chi connectivity index (χ1v) is 9.31. The zero-order valence-electron chi connectivity index (χ0n) is 14.7. The van der Waals surface area contributed by atoms with E-state index in [-0.39, 0.29) is 0 Å². The number of hydrogen-bond donors (Lipinski definition) is 0. The lowest BCUT2D eigenvalue weighted by molar-refractivity contribution is 0.670. The quantitative estimate of drug-likeness (QED) is 0.693. The largest absolute Gasteiger partial charge is 0.355 e. The van der Waals surface area contributed by atoms with E-state index in [1.807, 2.05) is 31.2 Å². The second kappa shape index (κ2) is 6.64. The van der Waals surface area contributed by atoms with Crippen LogP contribution >= 0.6 is 11.6 Å². The van der Waals surface area contributed by atoms with Gasteiger partial charge in [0.05, 0.1) is 0 Å². The van der Waals surface area contributed by atoms with Crippen molar-refractivity contribution in [3.63, 3.8) is 0 Å². The van der Waals surface area contributed by atoms with Crippen LogP contribution in [0.2, 0.25) is 5.02 Å². The van der Waals surface area contributed by atoms with E-state index >= 15 is 0 Å². The topological polar surface area (TPSA) is 46.8 Å². The minimum absolute atomic E-state index is 0.719. The van der Waals surface area contributed by atoms with Gasteiger partial charge in [0.1, 0.15) is 5.82 Å². The number of anilines is 1. The average molecular weight is 356 g/mol. The van der Waals surface area contributed by atoms with Gasteiger partial charge in [0.15, 0.2) is 22.8 Å². The number of fused-ring (bicyclic) bond motifs is 1. The highest BCUT2D eigenvalue weighted by Crippen LogP contribution is 2.30. The molecule has 0 bridgehead atoms. The number of nitrogens with zero attached hydrogens (tertiary/aromatic N) is 5. The molecule has 3 heterocycles. The van der Waals surface area contributed by atoms with Crippen LogP contribution in [0.5, 0.6) is 0 Å². The molecule has 0 N–H and O–H groups in total. The van der Waals surface area contributed by atoms with Crippen molar-refractivity contribution in [1.82, 2.24) is 19.5 Å². The van der Waals surface area contributed by atoms with Gasteiger partial charge in [-0.2, -0.15) is 0 Å². The maximum atomic E-state index is 6.04. The summed E-state index contributed by atoms with van der Waals surface area (Å²) in [7, 11) is 0. The molecule has 0 atom stereocenters. The zero-order chi connectivity index (χ0) is 17.4. The summed E-state index contributed by atoms with van der Waals surface area (Å²) in [6.07, 6.45) is 3.46. The molecule has 0 amide bonds. The summed E-state index contributed by atoms with van der Waals surface area (Å²) >= 11 is 6.04. The Morgan fingerprint density at radius 2 is 1.76 bits per heavy atom. The highest BCUT2D eigenvalue weighted by atomic mass is 35.5. The summed E-state index contributed by atoms with van der Waals surface area (Å²) in [5.74, 6) is 2.70. The van der Waals surface area contributed by atoms with E-state index in [1.165, 1.54) is 12.8 Å². The van der Waals surface area contributed by atoms with E-state index in [2.05, 4.69) is 16.4 Å². The molecule has 1 aliphatic heterocycles. The first-order valence-electron chi connectivity index (χ1n) is 8.93. The molecular formula is C19H22ClN5. The molecule has 1 aromatic carbocycles. The van der Waals surface area contributed by atoms with Crippen LogP contribution in [-0.2, 0) is 6.54 Å². The summed E-state index contributed by atoms with van der Waals surface area (Å²) in [4.78, 5) is 16.9. The lowest BCUT2D eigenvalue weighted by atomic mass is 10.2. The number of hydrogen-bond acceptors (Lipinski definition) is 4. The van der Waals surface area contributed by atoms with Gasteiger partial charge in [0.2, 0.25) is 0 Å². The minimum Gasteiger partial charge on any atom is -0.355 e. The zero-order valence-corrected chi connectivity index (χ0v) is 15.4. The minimum atomic E-state index is 0.719. The second-order valence-corrected chi connectivity index (χ2v) is 6.99. The van der Waals surface area contributed by atoms with Gasteiger partial charge in [-0.15, -0.1) is 0 Å². The molecule has 25 heavy (non-hydrogen) atoms. The van der Waals surface area contributed by atoms with Gasteiger partial charge in [-0.3, -0.25) is 0 Å². The smallest absolute Gasteiger partial charge is 0.166 e. The molecule has 0 spiro atoms.